The minimum Gasteiger partial charge on any atom is -0.497 e. The molecule has 2 rings (SSSR count). The average Bonchev–Trinajstić information content (AvgIpc) is 3.01. The number of thioether (sulfide) groups is 1. The lowest BCUT2D eigenvalue weighted by Crippen LogP contribution is -2.55. The van der Waals surface area contributed by atoms with E-state index in [2.05, 4.69) is 31.0 Å². The average molecular weight is 294 g/mol. The van der Waals surface area contributed by atoms with Gasteiger partial charge in [-0.15, -0.1) is 0 Å². The Morgan fingerprint density at radius 2 is 2.10 bits per heavy atom. The number of hydrogen-bond acceptors (Lipinski definition) is 4. The predicted octanol–water partition coefficient (Wildman–Crippen LogP) is 2.39. The van der Waals surface area contributed by atoms with Crippen LogP contribution in [0.15, 0.2) is 24.3 Å². The summed E-state index contributed by atoms with van der Waals surface area (Å²) in [7, 11) is 3.93. The monoisotopic (exact) mass is 294 g/mol. The van der Waals surface area contributed by atoms with E-state index in [9.17, 15) is 0 Å². The first-order chi connectivity index (χ1) is 9.59. The van der Waals surface area contributed by atoms with Crippen molar-refractivity contribution in [3.05, 3.63) is 29.8 Å². The Morgan fingerprint density at radius 1 is 1.40 bits per heavy atom. The van der Waals surface area contributed by atoms with Gasteiger partial charge in [-0.05, 0) is 50.3 Å². The van der Waals surface area contributed by atoms with Gasteiger partial charge in [0.2, 0.25) is 0 Å². The molecular formula is C16H26N2OS. The fraction of sp³-hybridized carbons (Fsp3) is 0.625. The van der Waals surface area contributed by atoms with Gasteiger partial charge in [-0.25, -0.2) is 0 Å². The van der Waals surface area contributed by atoms with Gasteiger partial charge in [0, 0.05) is 23.9 Å². The van der Waals surface area contributed by atoms with Crippen LogP contribution in [0.5, 0.6) is 5.75 Å². The molecule has 1 heterocycles. The Hall–Kier alpha value is -0.710. The van der Waals surface area contributed by atoms with E-state index in [1.54, 1.807) is 7.11 Å². The maximum absolute atomic E-state index is 6.11. The van der Waals surface area contributed by atoms with Crippen molar-refractivity contribution in [2.75, 3.05) is 32.2 Å². The van der Waals surface area contributed by atoms with Crippen molar-refractivity contribution < 1.29 is 4.74 Å². The third-order valence-corrected chi connectivity index (χ3v) is 5.63. The van der Waals surface area contributed by atoms with E-state index in [1.165, 1.54) is 23.5 Å². The highest BCUT2D eigenvalue weighted by molar-refractivity contribution is 7.99. The smallest absolute Gasteiger partial charge is 0.118 e. The Balaban J connectivity index is 2.08. The van der Waals surface area contributed by atoms with Crippen molar-refractivity contribution in [1.29, 1.82) is 0 Å². The second-order valence-electron chi connectivity index (χ2n) is 5.85. The molecule has 3 nitrogen and oxygen atoms in total. The number of benzene rings is 1. The minimum atomic E-state index is 0.0180. The van der Waals surface area contributed by atoms with Crippen molar-refractivity contribution in [2.45, 2.75) is 31.3 Å². The van der Waals surface area contributed by atoms with Crippen molar-refractivity contribution >= 4 is 11.8 Å². The molecule has 0 spiro atoms. The summed E-state index contributed by atoms with van der Waals surface area (Å²) < 4.78 is 5.22. The van der Waals surface area contributed by atoms with Crippen LogP contribution in [-0.2, 0) is 6.42 Å². The molecule has 0 radical (unpaired) electrons. The minimum absolute atomic E-state index is 0.0180. The molecule has 0 aromatic heterocycles. The zero-order valence-corrected chi connectivity index (χ0v) is 13.6. The summed E-state index contributed by atoms with van der Waals surface area (Å²) in [5.41, 5.74) is 7.44. The molecule has 112 valence electrons. The van der Waals surface area contributed by atoms with Crippen molar-refractivity contribution in [3.8, 4) is 5.75 Å². The van der Waals surface area contributed by atoms with Crippen LogP contribution in [0, 0.1) is 0 Å². The third kappa shape index (κ3) is 3.48. The van der Waals surface area contributed by atoms with Crippen LogP contribution in [0.3, 0.4) is 0 Å². The summed E-state index contributed by atoms with van der Waals surface area (Å²) in [5, 5.41) is 0. The van der Waals surface area contributed by atoms with Crippen LogP contribution >= 0.6 is 11.8 Å². The number of ether oxygens (including phenoxy) is 1. The first kappa shape index (κ1) is 15.7. The van der Waals surface area contributed by atoms with Gasteiger partial charge in [-0.3, -0.25) is 4.90 Å². The van der Waals surface area contributed by atoms with Crippen LogP contribution in [-0.4, -0.2) is 48.7 Å². The predicted molar refractivity (Wildman–Crippen MR) is 87.7 cm³/mol. The fourth-order valence-corrected chi connectivity index (χ4v) is 4.06. The summed E-state index contributed by atoms with van der Waals surface area (Å²) >= 11 is 2.05. The van der Waals surface area contributed by atoms with Crippen molar-refractivity contribution in [1.82, 2.24) is 4.90 Å². The van der Waals surface area contributed by atoms with Crippen molar-refractivity contribution in [3.63, 3.8) is 0 Å². The number of nitrogens with two attached hydrogens (primary N) is 1. The first-order valence-corrected chi connectivity index (χ1v) is 8.38. The summed E-state index contributed by atoms with van der Waals surface area (Å²) in [5.74, 6) is 3.41. The molecule has 0 saturated carbocycles. The van der Waals surface area contributed by atoms with E-state index in [1.807, 2.05) is 23.9 Å². The van der Waals surface area contributed by atoms with Crippen LogP contribution in [0.2, 0.25) is 0 Å². The van der Waals surface area contributed by atoms with Crippen LogP contribution in [0.4, 0.5) is 0 Å². The normalized spacial score (nSPS) is 21.9. The zero-order valence-electron chi connectivity index (χ0n) is 12.8. The van der Waals surface area contributed by atoms with E-state index in [4.69, 9.17) is 10.5 Å². The highest BCUT2D eigenvalue weighted by Gasteiger charge is 2.34. The standard InChI is InChI=1S/C16H26N2OS/c1-16(12-17,18(2)14-8-9-20-11-14)10-13-4-6-15(19-3)7-5-13/h4-7,14H,8-12,17H2,1-3H3. The molecule has 2 unspecified atom stereocenters. The molecule has 4 heteroatoms. The van der Waals surface area contributed by atoms with E-state index >= 15 is 0 Å². The number of nitrogens with zero attached hydrogens (tertiary/aromatic N) is 1. The number of hydrogen-bond donors (Lipinski definition) is 1. The lowest BCUT2D eigenvalue weighted by atomic mass is 9.89. The number of likely N-dealkylation sites (N-methyl/N-ethyl adjacent to an activating group) is 1. The van der Waals surface area contributed by atoms with Gasteiger partial charge < -0.3 is 10.5 Å². The molecule has 1 saturated heterocycles. The van der Waals surface area contributed by atoms with Gasteiger partial charge in [0.15, 0.2) is 0 Å². The van der Waals surface area contributed by atoms with E-state index < -0.39 is 0 Å². The van der Waals surface area contributed by atoms with E-state index in [0.29, 0.717) is 12.6 Å². The molecule has 1 aromatic carbocycles. The molecule has 0 aliphatic carbocycles. The van der Waals surface area contributed by atoms with Gasteiger partial charge in [-0.1, -0.05) is 12.1 Å². The van der Waals surface area contributed by atoms with Gasteiger partial charge in [0.05, 0.1) is 7.11 Å². The molecule has 0 bridgehead atoms. The molecule has 20 heavy (non-hydrogen) atoms. The molecule has 0 amide bonds. The summed E-state index contributed by atoms with van der Waals surface area (Å²) in [6.45, 7) is 2.96. The molecule has 1 aliphatic rings. The lowest BCUT2D eigenvalue weighted by molar-refractivity contribution is 0.103. The second-order valence-corrected chi connectivity index (χ2v) is 7.00. The van der Waals surface area contributed by atoms with Gasteiger partial charge in [0.1, 0.15) is 5.75 Å². The SMILES string of the molecule is COc1ccc(CC(C)(CN)N(C)C2CCSC2)cc1. The lowest BCUT2D eigenvalue weighted by Gasteiger charge is -2.42. The van der Waals surface area contributed by atoms with Gasteiger partial charge >= 0.3 is 0 Å². The number of methoxy groups -OCH3 is 1. The Labute approximate surface area is 126 Å². The molecular weight excluding hydrogens is 268 g/mol. The summed E-state index contributed by atoms with van der Waals surface area (Å²) in [6, 6.07) is 9.00. The Kier molecular flexibility index (Phi) is 5.35. The van der Waals surface area contributed by atoms with Gasteiger partial charge in [-0.2, -0.15) is 11.8 Å². The van der Waals surface area contributed by atoms with Crippen LogP contribution < -0.4 is 10.5 Å². The summed E-state index contributed by atoms with van der Waals surface area (Å²) in [4.78, 5) is 2.50. The van der Waals surface area contributed by atoms with Crippen molar-refractivity contribution in [2.24, 2.45) is 5.73 Å². The van der Waals surface area contributed by atoms with E-state index in [0.717, 1.165) is 12.2 Å². The molecule has 1 fully saturated rings. The van der Waals surface area contributed by atoms with Crippen LogP contribution in [0.1, 0.15) is 18.9 Å². The number of rotatable bonds is 6. The first-order valence-electron chi connectivity index (χ1n) is 7.23. The Bertz CT molecular complexity index is 417. The Morgan fingerprint density at radius 3 is 2.60 bits per heavy atom. The maximum atomic E-state index is 6.11. The van der Waals surface area contributed by atoms with Crippen LogP contribution in [0.25, 0.3) is 0 Å². The largest absolute Gasteiger partial charge is 0.497 e. The molecule has 1 aliphatic heterocycles. The van der Waals surface area contributed by atoms with Gasteiger partial charge in [0.25, 0.3) is 0 Å². The molecule has 2 N–H and O–H groups in total. The third-order valence-electron chi connectivity index (χ3n) is 4.49. The topological polar surface area (TPSA) is 38.5 Å². The maximum Gasteiger partial charge on any atom is 0.118 e. The fourth-order valence-electron chi connectivity index (χ4n) is 2.79. The quantitative estimate of drug-likeness (QED) is 0.874. The molecule has 2 atom stereocenters. The molecule has 1 aromatic rings. The van der Waals surface area contributed by atoms with E-state index in [-0.39, 0.29) is 5.54 Å². The highest BCUT2D eigenvalue weighted by atomic mass is 32.2. The second kappa shape index (κ2) is 6.83. The zero-order chi connectivity index (χ0) is 14.6. The summed E-state index contributed by atoms with van der Waals surface area (Å²) in [6.07, 6.45) is 2.25. The highest BCUT2D eigenvalue weighted by Crippen LogP contribution is 2.29.